The summed E-state index contributed by atoms with van der Waals surface area (Å²) in [4.78, 5) is 0. The molecule has 0 radical (unpaired) electrons. The minimum Gasteiger partial charge on any atom is -0.399 e. The van der Waals surface area contributed by atoms with E-state index >= 15 is 0 Å². The Balaban J connectivity index is 1.49. The Hall–Kier alpha value is -1.99. The molecule has 0 saturated carbocycles. The molecule has 0 atom stereocenters. The van der Waals surface area contributed by atoms with Crippen LogP contribution < -0.4 is 10.9 Å². The summed E-state index contributed by atoms with van der Waals surface area (Å²) in [5, 5.41) is 0. The van der Waals surface area contributed by atoms with Crippen molar-refractivity contribution in [3.05, 3.63) is 59.2 Å². The summed E-state index contributed by atoms with van der Waals surface area (Å²) in [5.41, 5.74) is -0.123. The van der Waals surface area contributed by atoms with E-state index in [1.807, 2.05) is 55.4 Å². The van der Waals surface area contributed by atoms with Crippen LogP contribution in [0.5, 0.6) is 0 Å². The lowest BCUT2D eigenvalue weighted by Gasteiger charge is -2.32. The van der Waals surface area contributed by atoms with Crippen LogP contribution in [0.25, 0.3) is 12.2 Å². The maximum atomic E-state index is 14.8. The highest BCUT2D eigenvalue weighted by molar-refractivity contribution is 6.62. The molecular weight excluding hydrogens is 436 g/mol. The molecule has 4 nitrogen and oxygen atoms in total. The van der Waals surface area contributed by atoms with Gasteiger partial charge in [-0.05, 0) is 78.4 Å². The van der Waals surface area contributed by atoms with Gasteiger partial charge in [0, 0.05) is 11.1 Å². The van der Waals surface area contributed by atoms with Crippen molar-refractivity contribution >= 4 is 37.3 Å². The first-order valence-electron chi connectivity index (χ1n) is 11.6. The van der Waals surface area contributed by atoms with Gasteiger partial charge in [-0.1, -0.05) is 36.4 Å². The second-order valence-corrected chi connectivity index (χ2v) is 11.1. The fraction of sp³-hybridized carbons (Fsp3) is 0.462. The third-order valence-corrected chi connectivity index (χ3v) is 7.54. The van der Waals surface area contributed by atoms with Gasteiger partial charge in [-0.25, -0.2) is 8.78 Å². The predicted molar refractivity (Wildman–Crippen MR) is 133 cm³/mol. The SMILES string of the molecule is CC1(C)OB(c2ccc(/C=C/c3ccc(B4OC(C)(C)C(C)(C)O4)cc3F)c(F)c2)OC1(C)C. The minimum atomic E-state index is -0.641. The number of halogens is 2. The zero-order valence-corrected chi connectivity index (χ0v) is 21.2. The summed E-state index contributed by atoms with van der Waals surface area (Å²) in [6.45, 7) is 15.6. The van der Waals surface area contributed by atoms with Gasteiger partial charge in [-0.3, -0.25) is 0 Å². The Bertz CT molecular complexity index is 1010. The molecule has 2 fully saturated rings. The number of benzene rings is 2. The van der Waals surface area contributed by atoms with Crippen LogP contribution in [0, 0.1) is 11.6 Å². The molecule has 0 bridgehead atoms. The van der Waals surface area contributed by atoms with Gasteiger partial charge in [0.05, 0.1) is 22.4 Å². The van der Waals surface area contributed by atoms with Crippen LogP contribution in [0.1, 0.15) is 66.5 Å². The largest absolute Gasteiger partial charge is 0.494 e. The Labute approximate surface area is 201 Å². The summed E-state index contributed by atoms with van der Waals surface area (Å²) in [6.07, 6.45) is 3.10. The van der Waals surface area contributed by atoms with E-state index in [0.717, 1.165) is 0 Å². The molecule has 180 valence electrons. The van der Waals surface area contributed by atoms with Gasteiger partial charge < -0.3 is 18.6 Å². The molecule has 2 saturated heterocycles. The first-order chi connectivity index (χ1) is 15.6. The number of rotatable bonds is 4. The van der Waals surface area contributed by atoms with Gasteiger partial charge in [0.15, 0.2) is 0 Å². The second-order valence-electron chi connectivity index (χ2n) is 11.1. The van der Waals surface area contributed by atoms with Crippen LogP contribution >= 0.6 is 0 Å². The molecule has 2 aliphatic heterocycles. The molecule has 0 unspecified atom stereocenters. The van der Waals surface area contributed by atoms with Crippen molar-refractivity contribution in [1.29, 1.82) is 0 Å². The topological polar surface area (TPSA) is 36.9 Å². The van der Waals surface area contributed by atoms with Gasteiger partial charge in [-0.2, -0.15) is 0 Å². The smallest absolute Gasteiger partial charge is 0.399 e. The van der Waals surface area contributed by atoms with Gasteiger partial charge in [0.25, 0.3) is 0 Å². The van der Waals surface area contributed by atoms with Crippen LogP contribution in [0.3, 0.4) is 0 Å². The number of hydrogen-bond donors (Lipinski definition) is 0. The molecule has 8 heteroatoms. The van der Waals surface area contributed by atoms with E-state index in [1.165, 1.54) is 12.1 Å². The van der Waals surface area contributed by atoms with E-state index in [9.17, 15) is 8.78 Å². The monoisotopic (exact) mass is 468 g/mol. The summed E-state index contributed by atoms with van der Waals surface area (Å²) in [5.74, 6) is -0.865. The average Bonchev–Trinajstić information content (AvgIpc) is 3.07. The molecule has 2 heterocycles. The third-order valence-electron chi connectivity index (χ3n) is 7.54. The van der Waals surface area contributed by atoms with Crippen molar-refractivity contribution in [2.75, 3.05) is 0 Å². The molecular formula is C26H32B2F2O4. The van der Waals surface area contributed by atoms with E-state index in [4.69, 9.17) is 18.6 Å². The normalized spacial score (nSPS) is 22.6. The zero-order chi connectivity index (χ0) is 25.1. The molecule has 34 heavy (non-hydrogen) atoms. The van der Waals surface area contributed by atoms with Gasteiger partial charge in [0.2, 0.25) is 0 Å². The Morgan fingerprint density at radius 1 is 0.559 bits per heavy atom. The summed E-state index contributed by atoms with van der Waals surface area (Å²) in [6, 6.07) is 9.62. The van der Waals surface area contributed by atoms with Crippen LogP contribution in [-0.4, -0.2) is 36.6 Å². The predicted octanol–water partition coefficient (Wildman–Crippen LogP) is 4.73. The van der Waals surface area contributed by atoms with Gasteiger partial charge in [0.1, 0.15) is 11.6 Å². The molecule has 2 aromatic carbocycles. The molecule has 2 aromatic rings. The van der Waals surface area contributed by atoms with Crippen molar-refractivity contribution in [3.8, 4) is 0 Å². The summed E-state index contributed by atoms with van der Waals surface area (Å²) >= 11 is 0. The van der Waals surface area contributed by atoms with Crippen LogP contribution in [0.4, 0.5) is 8.78 Å². The molecule has 4 rings (SSSR count). The summed E-state index contributed by atoms with van der Waals surface area (Å²) < 4.78 is 53.6. The molecule has 0 amide bonds. The van der Waals surface area contributed by atoms with Crippen LogP contribution in [0.2, 0.25) is 0 Å². The standard InChI is InChI=1S/C26H32B2F2O4/c1-23(2)24(3,4)32-27(31-23)19-13-11-17(21(29)15-19)9-10-18-12-14-20(16-22(18)30)28-33-25(5,6)26(7,8)34-28/h9-16H,1-8H3/b10-9+. The Morgan fingerprint density at radius 2 is 0.853 bits per heavy atom. The second kappa shape index (κ2) is 8.30. The maximum Gasteiger partial charge on any atom is 0.494 e. The van der Waals surface area contributed by atoms with Crippen molar-refractivity contribution in [2.24, 2.45) is 0 Å². The number of hydrogen-bond acceptors (Lipinski definition) is 4. The van der Waals surface area contributed by atoms with Gasteiger partial charge in [-0.15, -0.1) is 0 Å². The first kappa shape index (κ1) is 25.1. The third kappa shape index (κ3) is 4.49. The minimum absolute atomic E-state index is 0.342. The van der Waals surface area contributed by atoms with E-state index < -0.39 is 48.3 Å². The van der Waals surface area contributed by atoms with E-state index in [2.05, 4.69) is 0 Å². The van der Waals surface area contributed by atoms with Crippen LogP contribution in [-0.2, 0) is 18.6 Å². The fourth-order valence-electron chi connectivity index (χ4n) is 3.79. The molecule has 0 spiro atoms. The lowest BCUT2D eigenvalue weighted by molar-refractivity contribution is 0.00578. The zero-order valence-electron chi connectivity index (χ0n) is 21.2. The lowest BCUT2D eigenvalue weighted by Crippen LogP contribution is -2.41. The highest BCUT2D eigenvalue weighted by Gasteiger charge is 2.52. The molecule has 0 aromatic heterocycles. The van der Waals surface area contributed by atoms with Crippen molar-refractivity contribution < 1.29 is 27.4 Å². The van der Waals surface area contributed by atoms with E-state index in [1.54, 1.807) is 36.4 Å². The van der Waals surface area contributed by atoms with Gasteiger partial charge >= 0.3 is 14.2 Å². The average molecular weight is 468 g/mol. The quantitative estimate of drug-likeness (QED) is 0.481. The Morgan fingerprint density at radius 3 is 1.12 bits per heavy atom. The van der Waals surface area contributed by atoms with Crippen LogP contribution in [0.15, 0.2) is 36.4 Å². The lowest BCUT2D eigenvalue weighted by atomic mass is 9.78. The van der Waals surface area contributed by atoms with E-state index in [-0.39, 0.29) is 0 Å². The maximum absolute atomic E-state index is 14.8. The van der Waals surface area contributed by atoms with Crippen molar-refractivity contribution in [3.63, 3.8) is 0 Å². The Kier molecular flexibility index (Phi) is 6.13. The van der Waals surface area contributed by atoms with E-state index in [0.29, 0.717) is 22.1 Å². The molecule has 0 aliphatic carbocycles. The van der Waals surface area contributed by atoms with Crippen molar-refractivity contribution in [1.82, 2.24) is 0 Å². The highest BCUT2D eigenvalue weighted by atomic mass is 19.1. The fourth-order valence-corrected chi connectivity index (χ4v) is 3.79. The molecule has 0 N–H and O–H groups in total. The first-order valence-corrected chi connectivity index (χ1v) is 11.6. The van der Waals surface area contributed by atoms with Crippen molar-refractivity contribution in [2.45, 2.75) is 77.8 Å². The summed E-state index contributed by atoms with van der Waals surface area (Å²) in [7, 11) is -1.28. The molecule has 2 aliphatic rings. The highest BCUT2D eigenvalue weighted by Crippen LogP contribution is 2.37.